The number of ether oxygens (including phenoxy) is 1. The fraction of sp³-hybridized carbons (Fsp3) is 0.378. The van der Waals surface area contributed by atoms with Gasteiger partial charge in [0.25, 0.3) is 0 Å². The van der Waals surface area contributed by atoms with Crippen LogP contribution in [-0.2, 0) is 0 Å². The number of aromatic nitrogens is 4. The van der Waals surface area contributed by atoms with Crippen LogP contribution in [0.25, 0.3) is 33.3 Å². The third kappa shape index (κ3) is 6.05. The summed E-state index contributed by atoms with van der Waals surface area (Å²) in [5.41, 5.74) is 11.0. The van der Waals surface area contributed by atoms with Gasteiger partial charge in [0.2, 0.25) is 0 Å². The molecule has 0 fully saturated rings. The van der Waals surface area contributed by atoms with Crippen molar-refractivity contribution in [2.45, 2.75) is 99.3 Å². The number of fused-ring (bicyclic) bond motifs is 3. The summed E-state index contributed by atoms with van der Waals surface area (Å²) in [6, 6.07) is 26.0. The minimum absolute atomic E-state index is 0.310. The molecule has 0 saturated carbocycles. The van der Waals surface area contributed by atoms with E-state index >= 15 is 0 Å². The van der Waals surface area contributed by atoms with Crippen LogP contribution >= 0.6 is 0 Å². The van der Waals surface area contributed by atoms with Crippen molar-refractivity contribution in [3.05, 3.63) is 119 Å². The van der Waals surface area contributed by atoms with Gasteiger partial charge < -0.3 is 4.74 Å². The largest absolute Gasteiger partial charge is 0.457 e. The summed E-state index contributed by atoms with van der Waals surface area (Å²) >= 11 is 0. The first-order chi connectivity index (χ1) is 23.9. The highest BCUT2D eigenvalue weighted by Crippen LogP contribution is 2.45. The molecular weight excluding hydrogens is 613 g/mol. The van der Waals surface area contributed by atoms with Gasteiger partial charge in [-0.3, -0.25) is 4.57 Å². The minimum atomic E-state index is 0.310. The molecule has 6 aromatic rings. The van der Waals surface area contributed by atoms with Crippen LogP contribution in [0.4, 0.5) is 0 Å². The number of hydrogen-bond acceptors (Lipinski definition) is 3. The van der Waals surface area contributed by atoms with Crippen LogP contribution in [0.2, 0.25) is 0 Å². The molecule has 3 aromatic heterocycles. The molecule has 0 bridgehead atoms. The molecule has 1 aliphatic carbocycles. The molecule has 0 aliphatic heterocycles. The van der Waals surface area contributed by atoms with E-state index in [1.54, 1.807) is 0 Å². The number of aryl methyl sites for hydroxylation is 1. The SMILES string of the molecule is CC1=C[C@H](C)C[C@H](C)C1c1c(C)nn(-c2cc(Oc3ccc4c5ccccc5n(-c5cc(C(C)C)ccn5)c4c3)cc(C(C)C)c2)c1C(C)C. The van der Waals surface area contributed by atoms with Crippen molar-refractivity contribution < 1.29 is 4.74 Å². The molecule has 5 heteroatoms. The first kappa shape index (κ1) is 33.8. The molecule has 258 valence electrons. The van der Waals surface area contributed by atoms with Gasteiger partial charge in [0, 0.05) is 40.6 Å². The lowest BCUT2D eigenvalue weighted by atomic mass is 9.71. The highest BCUT2D eigenvalue weighted by Gasteiger charge is 2.33. The molecule has 0 spiro atoms. The molecule has 3 aromatic carbocycles. The molecule has 0 amide bonds. The molecular formula is C45H52N4O. The molecule has 0 radical (unpaired) electrons. The van der Waals surface area contributed by atoms with Crippen molar-refractivity contribution in [1.82, 2.24) is 19.3 Å². The highest BCUT2D eigenvalue weighted by molar-refractivity contribution is 6.09. The zero-order chi connectivity index (χ0) is 35.4. The molecule has 1 unspecified atom stereocenters. The van der Waals surface area contributed by atoms with Gasteiger partial charge in [-0.25, -0.2) is 9.67 Å². The van der Waals surface area contributed by atoms with E-state index in [9.17, 15) is 0 Å². The topological polar surface area (TPSA) is 44.9 Å². The number of hydrogen-bond donors (Lipinski definition) is 0. The Morgan fingerprint density at radius 3 is 2.20 bits per heavy atom. The molecule has 1 aliphatic rings. The second-order valence-electron chi connectivity index (χ2n) is 15.7. The summed E-state index contributed by atoms with van der Waals surface area (Å²) < 4.78 is 11.3. The van der Waals surface area contributed by atoms with Crippen LogP contribution < -0.4 is 4.74 Å². The minimum Gasteiger partial charge on any atom is -0.457 e. The van der Waals surface area contributed by atoms with Crippen molar-refractivity contribution in [1.29, 1.82) is 0 Å². The summed E-state index contributed by atoms with van der Waals surface area (Å²) in [6.45, 7) is 22.8. The molecule has 3 heterocycles. The van der Waals surface area contributed by atoms with Crippen molar-refractivity contribution >= 4 is 21.8 Å². The molecule has 0 saturated heterocycles. The number of allylic oxidation sites excluding steroid dienone is 2. The van der Waals surface area contributed by atoms with Crippen molar-refractivity contribution in [2.24, 2.45) is 11.8 Å². The van der Waals surface area contributed by atoms with Crippen LogP contribution in [0.5, 0.6) is 11.5 Å². The molecule has 0 N–H and O–H groups in total. The summed E-state index contributed by atoms with van der Waals surface area (Å²) in [5, 5.41) is 7.65. The van der Waals surface area contributed by atoms with Gasteiger partial charge in [-0.1, -0.05) is 85.2 Å². The summed E-state index contributed by atoms with van der Waals surface area (Å²) in [7, 11) is 0. The Hall–Kier alpha value is -4.64. The van der Waals surface area contributed by atoms with E-state index in [4.69, 9.17) is 14.8 Å². The second-order valence-corrected chi connectivity index (χ2v) is 15.7. The number of nitrogens with zero attached hydrogens (tertiary/aromatic N) is 4. The highest BCUT2D eigenvalue weighted by atomic mass is 16.5. The van der Waals surface area contributed by atoms with E-state index in [-0.39, 0.29) is 0 Å². The predicted octanol–water partition coefficient (Wildman–Crippen LogP) is 12.5. The van der Waals surface area contributed by atoms with Gasteiger partial charge in [-0.05, 0) is 103 Å². The Labute approximate surface area is 298 Å². The number of benzene rings is 3. The lowest BCUT2D eigenvalue weighted by Crippen LogP contribution is -2.21. The average molecular weight is 665 g/mol. The monoisotopic (exact) mass is 664 g/mol. The van der Waals surface area contributed by atoms with Crippen LogP contribution in [-0.4, -0.2) is 19.3 Å². The number of pyridine rings is 1. The van der Waals surface area contributed by atoms with E-state index in [1.165, 1.54) is 45.2 Å². The van der Waals surface area contributed by atoms with Crippen molar-refractivity contribution in [3.8, 4) is 23.0 Å². The number of rotatable bonds is 8. The van der Waals surface area contributed by atoms with Gasteiger partial charge in [-0.15, -0.1) is 0 Å². The van der Waals surface area contributed by atoms with Gasteiger partial charge in [0.15, 0.2) is 0 Å². The first-order valence-corrected chi connectivity index (χ1v) is 18.5. The second kappa shape index (κ2) is 13.2. The molecule has 7 rings (SSSR count). The fourth-order valence-electron chi connectivity index (χ4n) is 8.43. The molecule has 3 atom stereocenters. The zero-order valence-corrected chi connectivity index (χ0v) is 31.5. The predicted molar refractivity (Wildman–Crippen MR) is 209 cm³/mol. The van der Waals surface area contributed by atoms with E-state index in [0.717, 1.165) is 39.7 Å². The smallest absolute Gasteiger partial charge is 0.137 e. The van der Waals surface area contributed by atoms with E-state index < -0.39 is 0 Å². The Kier molecular flexibility index (Phi) is 8.96. The maximum Gasteiger partial charge on any atom is 0.137 e. The third-order valence-electron chi connectivity index (χ3n) is 10.7. The zero-order valence-electron chi connectivity index (χ0n) is 31.5. The Balaban J connectivity index is 1.34. The third-order valence-corrected chi connectivity index (χ3v) is 10.7. The lowest BCUT2D eigenvalue weighted by Gasteiger charge is -2.33. The van der Waals surface area contributed by atoms with Gasteiger partial charge >= 0.3 is 0 Å². The van der Waals surface area contributed by atoms with Crippen LogP contribution in [0.3, 0.4) is 0 Å². The van der Waals surface area contributed by atoms with E-state index in [0.29, 0.717) is 35.5 Å². The molecule has 50 heavy (non-hydrogen) atoms. The van der Waals surface area contributed by atoms with Crippen molar-refractivity contribution in [2.75, 3.05) is 0 Å². The Morgan fingerprint density at radius 1 is 0.740 bits per heavy atom. The van der Waals surface area contributed by atoms with Gasteiger partial charge in [0.05, 0.1) is 28.1 Å². The fourth-order valence-corrected chi connectivity index (χ4v) is 8.43. The van der Waals surface area contributed by atoms with Gasteiger partial charge in [-0.2, -0.15) is 5.10 Å². The quantitative estimate of drug-likeness (QED) is 0.152. The van der Waals surface area contributed by atoms with Crippen LogP contribution in [0.1, 0.15) is 120 Å². The Morgan fingerprint density at radius 2 is 1.48 bits per heavy atom. The van der Waals surface area contributed by atoms with Crippen LogP contribution in [0, 0.1) is 18.8 Å². The maximum atomic E-state index is 6.80. The molecule has 5 nitrogen and oxygen atoms in total. The Bertz CT molecular complexity index is 2230. The first-order valence-electron chi connectivity index (χ1n) is 18.5. The van der Waals surface area contributed by atoms with E-state index in [1.807, 2.05) is 6.20 Å². The summed E-state index contributed by atoms with van der Waals surface area (Å²) in [5.74, 6) is 5.13. The summed E-state index contributed by atoms with van der Waals surface area (Å²) in [6.07, 6.45) is 5.60. The van der Waals surface area contributed by atoms with E-state index in [2.05, 4.69) is 157 Å². The standard InChI is InChI=1S/C45H52N4O/c1-26(2)33-17-18-46-42(23-33)48-40-14-12-11-13-38(40)39-16-15-36(25-41(39)48)50-37-22-34(27(3)4)21-35(24-37)49-45(28(5)6)44(32(10)47-49)43-30(8)19-29(7)20-31(43)9/h11-19,21-29,31,43H,20H2,1-10H3/t29-,31-,43?/m0/s1. The van der Waals surface area contributed by atoms with Gasteiger partial charge in [0.1, 0.15) is 17.3 Å². The summed E-state index contributed by atoms with van der Waals surface area (Å²) in [4.78, 5) is 4.84. The van der Waals surface area contributed by atoms with Crippen LogP contribution in [0.15, 0.2) is 90.6 Å². The maximum absolute atomic E-state index is 6.80. The van der Waals surface area contributed by atoms with Crippen molar-refractivity contribution in [3.63, 3.8) is 0 Å². The average Bonchev–Trinajstić information content (AvgIpc) is 3.58. The normalized spacial score (nSPS) is 18.2. The lowest BCUT2D eigenvalue weighted by molar-refractivity contribution is 0.389. The number of para-hydroxylation sites is 1.